The fraction of sp³-hybridized carbons (Fsp3) is 0.300. The largest absolute Gasteiger partial charge is 0.348 e. The molecule has 0 heterocycles. The van der Waals surface area contributed by atoms with Crippen molar-refractivity contribution in [2.75, 3.05) is 0 Å². The van der Waals surface area contributed by atoms with Gasteiger partial charge in [-0.15, -0.1) is 0 Å². The van der Waals surface area contributed by atoms with Crippen LogP contribution >= 0.6 is 0 Å². The van der Waals surface area contributed by atoms with Crippen LogP contribution in [0, 0.1) is 6.92 Å². The molecule has 0 aromatic heterocycles. The van der Waals surface area contributed by atoms with Crippen molar-refractivity contribution in [1.29, 1.82) is 0 Å². The Balaban J connectivity index is 2.06. The molecule has 0 unspecified atom stereocenters. The van der Waals surface area contributed by atoms with E-state index < -0.39 is 0 Å². The highest BCUT2D eigenvalue weighted by atomic mass is 16.2. The van der Waals surface area contributed by atoms with Gasteiger partial charge in [-0.2, -0.15) is 0 Å². The molecule has 24 heavy (non-hydrogen) atoms. The van der Waals surface area contributed by atoms with Crippen LogP contribution in [-0.2, 0) is 6.54 Å². The number of carbonyl (C=O) groups is 2. The predicted molar refractivity (Wildman–Crippen MR) is 96.0 cm³/mol. The van der Waals surface area contributed by atoms with Crippen molar-refractivity contribution in [3.8, 4) is 0 Å². The summed E-state index contributed by atoms with van der Waals surface area (Å²) in [5, 5.41) is 5.80. The Morgan fingerprint density at radius 2 is 1.54 bits per heavy atom. The number of hydrogen-bond acceptors (Lipinski definition) is 2. The SMILES string of the molecule is Cc1ccccc1CNC(=O)c1cccc(C(=O)NC(C)(C)C)c1. The summed E-state index contributed by atoms with van der Waals surface area (Å²) in [5.41, 5.74) is 2.85. The van der Waals surface area contributed by atoms with Gasteiger partial charge in [-0.05, 0) is 57.0 Å². The van der Waals surface area contributed by atoms with E-state index in [0.717, 1.165) is 11.1 Å². The molecule has 0 fully saturated rings. The molecule has 2 N–H and O–H groups in total. The highest BCUT2D eigenvalue weighted by Crippen LogP contribution is 2.10. The summed E-state index contributed by atoms with van der Waals surface area (Å²) in [6.45, 7) is 8.24. The normalized spacial score (nSPS) is 11.0. The smallest absolute Gasteiger partial charge is 0.251 e. The molecule has 4 nitrogen and oxygen atoms in total. The Morgan fingerprint density at radius 3 is 2.17 bits per heavy atom. The molecule has 2 rings (SSSR count). The van der Waals surface area contributed by atoms with Gasteiger partial charge < -0.3 is 10.6 Å². The van der Waals surface area contributed by atoms with Gasteiger partial charge in [-0.3, -0.25) is 9.59 Å². The van der Waals surface area contributed by atoms with E-state index in [9.17, 15) is 9.59 Å². The number of nitrogens with one attached hydrogen (secondary N) is 2. The summed E-state index contributed by atoms with van der Waals surface area (Å²) in [6, 6.07) is 14.7. The number of carbonyl (C=O) groups excluding carboxylic acids is 2. The molecule has 0 saturated carbocycles. The lowest BCUT2D eigenvalue weighted by Gasteiger charge is -2.20. The third kappa shape index (κ3) is 4.95. The molecule has 0 aliphatic heterocycles. The Kier molecular flexibility index (Phi) is 5.39. The second-order valence-corrected chi connectivity index (χ2v) is 6.89. The fourth-order valence-corrected chi connectivity index (χ4v) is 2.30. The van der Waals surface area contributed by atoms with Gasteiger partial charge in [-0.25, -0.2) is 0 Å². The summed E-state index contributed by atoms with van der Waals surface area (Å²) < 4.78 is 0. The minimum Gasteiger partial charge on any atom is -0.348 e. The zero-order valence-corrected chi connectivity index (χ0v) is 14.6. The lowest BCUT2D eigenvalue weighted by atomic mass is 10.1. The van der Waals surface area contributed by atoms with Crippen LogP contribution in [0.25, 0.3) is 0 Å². The van der Waals surface area contributed by atoms with E-state index >= 15 is 0 Å². The zero-order chi connectivity index (χ0) is 17.7. The van der Waals surface area contributed by atoms with E-state index in [-0.39, 0.29) is 17.4 Å². The average molecular weight is 324 g/mol. The van der Waals surface area contributed by atoms with Crippen LogP contribution in [0.3, 0.4) is 0 Å². The number of amides is 2. The maximum absolute atomic E-state index is 12.3. The highest BCUT2D eigenvalue weighted by molar-refractivity contribution is 5.99. The van der Waals surface area contributed by atoms with Crippen molar-refractivity contribution in [3.05, 3.63) is 70.8 Å². The van der Waals surface area contributed by atoms with E-state index in [0.29, 0.717) is 17.7 Å². The van der Waals surface area contributed by atoms with Crippen LogP contribution in [0.2, 0.25) is 0 Å². The number of benzene rings is 2. The first-order valence-corrected chi connectivity index (χ1v) is 8.01. The molecule has 0 bridgehead atoms. The van der Waals surface area contributed by atoms with Gasteiger partial charge >= 0.3 is 0 Å². The Morgan fingerprint density at radius 1 is 0.917 bits per heavy atom. The molecule has 2 amide bonds. The van der Waals surface area contributed by atoms with Crippen molar-refractivity contribution >= 4 is 11.8 Å². The number of aryl methyl sites for hydroxylation is 1. The molecular formula is C20H24N2O2. The van der Waals surface area contributed by atoms with Gasteiger partial charge in [0.15, 0.2) is 0 Å². The fourth-order valence-electron chi connectivity index (χ4n) is 2.30. The second-order valence-electron chi connectivity index (χ2n) is 6.89. The summed E-state index contributed by atoms with van der Waals surface area (Å²) in [6.07, 6.45) is 0. The van der Waals surface area contributed by atoms with Crippen LogP contribution in [0.15, 0.2) is 48.5 Å². The summed E-state index contributed by atoms with van der Waals surface area (Å²) in [5.74, 6) is -0.375. The van der Waals surface area contributed by atoms with E-state index in [1.165, 1.54) is 0 Å². The zero-order valence-electron chi connectivity index (χ0n) is 14.6. The molecule has 2 aromatic rings. The summed E-state index contributed by atoms with van der Waals surface area (Å²) >= 11 is 0. The lowest BCUT2D eigenvalue weighted by molar-refractivity contribution is 0.0919. The molecular weight excluding hydrogens is 300 g/mol. The molecule has 4 heteroatoms. The van der Waals surface area contributed by atoms with Crippen LogP contribution < -0.4 is 10.6 Å². The van der Waals surface area contributed by atoms with E-state index in [4.69, 9.17) is 0 Å². The predicted octanol–water partition coefficient (Wildman–Crippen LogP) is 3.45. The molecule has 0 spiro atoms. The molecule has 0 radical (unpaired) electrons. The maximum Gasteiger partial charge on any atom is 0.251 e. The van der Waals surface area contributed by atoms with Gasteiger partial charge in [0.1, 0.15) is 0 Å². The first-order valence-electron chi connectivity index (χ1n) is 8.01. The average Bonchev–Trinajstić information content (AvgIpc) is 2.52. The van der Waals surface area contributed by atoms with E-state index in [1.807, 2.05) is 52.0 Å². The standard InChI is InChI=1S/C20H24N2O2/c1-14-8-5-6-9-17(14)13-21-18(23)15-10-7-11-16(12-15)19(24)22-20(2,3)4/h5-12H,13H2,1-4H3,(H,21,23)(H,22,24). The van der Waals surface area contributed by atoms with Crippen molar-refractivity contribution in [2.45, 2.75) is 39.8 Å². The third-order valence-electron chi connectivity index (χ3n) is 3.58. The van der Waals surface area contributed by atoms with Gasteiger partial charge in [0.2, 0.25) is 0 Å². The summed E-state index contributed by atoms with van der Waals surface area (Å²) in [4.78, 5) is 24.6. The Hall–Kier alpha value is -2.62. The van der Waals surface area contributed by atoms with Gasteiger partial charge in [0, 0.05) is 23.2 Å². The Labute approximate surface area is 143 Å². The number of hydrogen-bond donors (Lipinski definition) is 2. The minimum atomic E-state index is -0.319. The molecule has 0 aliphatic carbocycles. The van der Waals surface area contributed by atoms with Gasteiger partial charge in [0.05, 0.1) is 0 Å². The van der Waals surface area contributed by atoms with Crippen molar-refractivity contribution in [3.63, 3.8) is 0 Å². The molecule has 0 saturated heterocycles. The summed E-state index contributed by atoms with van der Waals surface area (Å²) in [7, 11) is 0. The van der Waals surface area contributed by atoms with E-state index in [1.54, 1.807) is 24.3 Å². The first kappa shape index (κ1) is 17.7. The maximum atomic E-state index is 12.3. The highest BCUT2D eigenvalue weighted by Gasteiger charge is 2.16. The van der Waals surface area contributed by atoms with Crippen molar-refractivity contribution in [1.82, 2.24) is 10.6 Å². The van der Waals surface area contributed by atoms with Gasteiger partial charge in [-0.1, -0.05) is 30.3 Å². The molecule has 2 aromatic carbocycles. The first-order chi connectivity index (χ1) is 11.3. The Bertz CT molecular complexity index is 745. The minimum absolute atomic E-state index is 0.184. The molecule has 0 atom stereocenters. The van der Waals surface area contributed by atoms with Crippen LogP contribution in [0.5, 0.6) is 0 Å². The monoisotopic (exact) mass is 324 g/mol. The van der Waals surface area contributed by atoms with Crippen LogP contribution in [-0.4, -0.2) is 17.4 Å². The van der Waals surface area contributed by atoms with E-state index in [2.05, 4.69) is 10.6 Å². The molecule has 126 valence electrons. The van der Waals surface area contributed by atoms with Crippen LogP contribution in [0.4, 0.5) is 0 Å². The van der Waals surface area contributed by atoms with Gasteiger partial charge in [0.25, 0.3) is 11.8 Å². The second kappa shape index (κ2) is 7.30. The van der Waals surface area contributed by atoms with Crippen molar-refractivity contribution in [2.24, 2.45) is 0 Å². The lowest BCUT2D eigenvalue weighted by Crippen LogP contribution is -2.40. The quantitative estimate of drug-likeness (QED) is 0.905. The van der Waals surface area contributed by atoms with Crippen LogP contribution in [0.1, 0.15) is 52.6 Å². The number of rotatable bonds is 4. The molecule has 0 aliphatic rings. The third-order valence-corrected chi connectivity index (χ3v) is 3.58. The van der Waals surface area contributed by atoms with Crippen molar-refractivity contribution < 1.29 is 9.59 Å². The topological polar surface area (TPSA) is 58.2 Å².